The first kappa shape index (κ1) is 15.1. The molecule has 1 N–H and O–H groups in total. The smallest absolute Gasteiger partial charge is 0.266 e. The summed E-state index contributed by atoms with van der Waals surface area (Å²) in [6.07, 6.45) is 1.64. The molecule has 1 fully saturated rings. The van der Waals surface area contributed by atoms with Crippen molar-refractivity contribution in [2.24, 2.45) is 0 Å². The van der Waals surface area contributed by atoms with Crippen LogP contribution in [0, 0.1) is 11.3 Å². The van der Waals surface area contributed by atoms with E-state index in [0.29, 0.717) is 19.6 Å². The number of hydrogen-bond donors (Lipinski definition) is 1. The molecule has 0 aromatic heterocycles. The van der Waals surface area contributed by atoms with Gasteiger partial charge in [-0.3, -0.25) is 4.79 Å². The molecule has 5 heteroatoms. The van der Waals surface area contributed by atoms with Crippen molar-refractivity contribution in [3.05, 3.63) is 47.7 Å². The lowest BCUT2D eigenvalue weighted by Crippen LogP contribution is -2.46. The van der Waals surface area contributed by atoms with Crippen molar-refractivity contribution in [3.8, 4) is 6.07 Å². The van der Waals surface area contributed by atoms with Gasteiger partial charge in [0.05, 0.1) is 0 Å². The van der Waals surface area contributed by atoms with Crippen LogP contribution in [-0.2, 0) is 11.3 Å². The summed E-state index contributed by atoms with van der Waals surface area (Å²) in [5, 5.41) is 12.4. The summed E-state index contributed by atoms with van der Waals surface area (Å²) in [4.78, 5) is 15.9. The Balaban J connectivity index is 2.02. The molecular formula is C16H20N4O. The average Bonchev–Trinajstić information content (AvgIpc) is 2.53. The maximum Gasteiger partial charge on any atom is 0.266 e. The maximum atomic E-state index is 12.3. The summed E-state index contributed by atoms with van der Waals surface area (Å²) in [5.74, 6) is -0.182. The van der Waals surface area contributed by atoms with E-state index in [9.17, 15) is 10.1 Å². The van der Waals surface area contributed by atoms with Crippen LogP contribution in [0.1, 0.15) is 5.56 Å². The van der Waals surface area contributed by atoms with Gasteiger partial charge in [-0.05, 0) is 5.56 Å². The van der Waals surface area contributed by atoms with E-state index in [1.54, 1.807) is 11.1 Å². The molecule has 0 bridgehead atoms. The Bertz CT molecular complexity index is 541. The Morgan fingerprint density at radius 1 is 1.38 bits per heavy atom. The van der Waals surface area contributed by atoms with Crippen LogP contribution in [0.3, 0.4) is 0 Å². The third kappa shape index (κ3) is 4.33. The third-order valence-electron chi connectivity index (χ3n) is 3.38. The maximum absolute atomic E-state index is 12.3. The first-order chi connectivity index (χ1) is 10.2. The monoisotopic (exact) mass is 284 g/mol. The van der Waals surface area contributed by atoms with E-state index in [0.717, 1.165) is 18.7 Å². The first-order valence-corrected chi connectivity index (χ1v) is 7.07. The van der Waals surface area contributed by atoms with Gasteiger partial charge in [-0.2, -0.15) is 5.26 Å². The zero-order chi connectivity index (χ0) is 15.1. The fraction of sp³-hybridized carbons (Fsp3) is 0.375. The van der Waals surface area contributed by atoms with E-state index >= 15 is 0 Å². The van der Waals surface area contributed by atoms with Crippen molar-refractivity contribution in [1.29, 1.82) is 5.26 Å². The summed E-state index contributed by atoms with van der Waals surface area (Å²) in [5.41, 5.74) is 1.33. The number of nitrogens with zero attached hydrogens (tertiary/aromatic N) is 3. The number of nitriles is 1. The van der Waals surface area contributed by atoms with Gasteiger partial charge in [-0.15, -0.1) is 0 Å². The van der Waals surface area contributed by atoms with Crippen LogP contribution in [-0.4, -0.2) is 48.9 Å². The SMILES string of the molecule is CN(/C=C(/C#N)C(=O)N1CCNCC1)Cc1ccccc1. The van der Waals surface area contributed by atoms with Crippen LogP contribution in [0.15, 0.2) is 42.1 Å². The molecule has 0 aliphatic carbocycles. The second-order valence-corrected chi connectivity index (χ2v) is 5.10. The molecule has 1 aliphatic heterocycles. The molecule has 1 aromatic carbocycles. The van der Waals surface area contributed by atoms with Gasteiger partial charge in [0.2, 0.25) is 0 Å². The Labute approximate surface area is 125 Å². The number of carbonyl (C=O) groups excluding carboxylic acids is 1. The minimum Gasteiger partial charge on any atom is -0.375 e. The highest BCUT2D eigenvalue weighted by atomic mass is 16.2. The van der Waals surface area contributed by atoms with Gasteiger partial charge in [-0.1, -0.05) is 30.3 Å². The molecule has 21 heavy (non-hydrogen) atoms. The molecule has 110 valence electrons. The molecule has 0 unspecified atom stereocenters. The van der Waals surface area contributed by atoms with Crippen molar-refractivity contribution < 1.29 is 4.79 Å². The third-order valence-corrected chi connectivity index (χ3v) is 3.38. The molecule has 1 saturated heterocycles. The van der Waals surface area contributed by atoms with Crippen LogP contribution in [0.5, 0.6) is 0 Å². The molecule has 1 aliphatic rings. The lowest BCUT2D eigenvalue weighted by Gasteiger charge is -2.27. The Morgan fingerprint density at radius 2 is 2.05 bits per heavy atom. The van der Waals surface area contributed by atoms with E-state index in [-0.39, 0.29) is 11.5 Å². The van der Waals surface area contributed by atoms with Crippen LogP contribution in [0.4, 0.5) is 0 Å². The molecule has 5 nitrogen and oxygen atoms in total. The molecule has 0 saturated carbocycles. The number of carbonyl (C=O) groups is 1. The zero-order valence-corrected chi connectivity index (χ0v) is 12.2. The quantitative estimate of drug-likeness (QED) is 0.661. The minimum atomic E-state index is -0.182. The van der Waals surface area contributed by atoms with E-state index < -0.39 is 0 Å². The highest BCUT2D eigenvalue weighted by Crippen LogP contribution is 2.07. The molecule has 1 amide bonds. The van der Waals surface area contributed by atoms with Crippen molar-refractivity contribution >= 4 is 5.91 Å². The molecule has 2 rings (SSSR count). The predicted molar refractivity (Wildman–Crippen MR) is 81.1 cm³/mol. The fourth-order valence-electron chi connectivity index (χ4n) is 2.31. The predicted octanol–water partition coefficient (Wildman–Crippen LogP) is 0.958. The zero-order valence-electron chi connectivity index (χ0n) is 12.2. The summed E-state index contributed by atoms with van der Waals surface area (Å²) in [7, 11) is 1.87. The van der Waals surface area contributed by atoms with Crippen LogP contribution < -0.4 is 5.32 Å². The molecule has 1 aromatic rings. The van der Waals surface area contributed by atoms with Crippen molar-refractivity contribution in [1.82, 2.24) is 15.1 Å². The lowest BCUT2D eigenvalue weighted by atomic mass is 10.2. The Kier molecular flexibility index (Phi) is 5.35. The Hall–Kier alpha value is -2.32. The van der Waals surface area contributed by atoms with E-state index in [4.69, 9.17) is 0 Å². The summed E-state index contributed by atoms with van der Waals surface area (Å²) < 4.78 is 0. The average molecular weight is 284 g/mol. The molecule has 0 radical (unpaired) electrons. The first-order valence-electron chi connectivity index (χ1n) is 7.07. The number of amides is 1. The van der Waals surface area contributed by atoms with Gasteiger partial charge in [0.15, 0.2) is 0 Å². The summed E-state index contributed by atoms with van der Waals surface area (Å²) >= 11 is 0. The summed E-state index contributed by atoms with van der Waals surface area (Å²) in [6.45, 7) is 3.54. The number of rotatable bonds is 4. The van der Waals surface area contributed by atoms with E-state index in [1.165, 1.54) is 0 Å². The number of nitrogens with one attached hydrogen (secondary N) is 1. The number of benzene rings is 1. The van der Waals surface area contributed by atoms with Gasteiger partial charge < -0.3 is 15.1 Å². The molecule has 1 heterocycles. The van der Waals surface area contributed by atoms with Gasteiger partial charge in [-0.25, -0.2) is 0 Å². The fourth-order valence-corrected chi connectivity index (χ4v) is 2.31. The van der Waals surface area contributed by atoms with E-state index in [2.05, 4.69) is 5.32 Å². The summed E-state index contributed by atoms with van der Waals surface area (Å²) in [6, 6.07) is 12.0. The number of piperazine rings is 1. The normalized spacial score (nSPS) is 15.4. The highest BCUT2D eigenvalue weighted by Gasteiger charge is 2.20. The van der Waals surface area contributed by atoms with E-state index in [1.807, 2.05) is 48.3 Å². The van der Waals surface area contributed by atoms with Crippen LogP contribution in [0.2, 0.25) is 0 Å². The van der Waals surface area contributed by atoms with Gasteiger partial charge in [0.25, 0.3) is 5.91 Å². The molecule has 0 spiro atoms. The second kappa shape index (κ2) is 7.46. The topological polar surface area (TPSA) is 59.4 Å². The highest BCUT2D eigenvalue weighted by molar-refractivity contribution is 5.97. The molecule has 0 atom stereocenters. The molecular weight excluding hydrogens is 264 g/mol. The van der Waals surface area contributed by atoms with Crippen LogP contribution in [0.25, 0.3) is 0 Å². The van der Waals surface area contributed by atoms with Gasteiger partial charge >= 0.3 is 0 Å². The standard InChI is InChI=1S/C16H20N4O/c1-19(12-14-5-3-2-4-6-14)13-15(11-17)16(21)20-9-7-18-8-10-20/h2-6,13,18H,7-10,12H2,1H3/b15-13-. The second-order valence-electron chi connectivity index (χ2n) is 5.10. The van der Waals surface area contributed by atoms with Gasteiger partial charge in [0.1, 0.15) is 11.6 Å². The number of hydrogen-bond acceptors (Lipinski definition) is 4. The van der Waals surface area contributed by atoms with Crippen LogP contribution >= 0.6 is 0 Å². The van der Waals surface area contributed by atoms with Crippen molar-refractivity contribution in [3.63, 3.8) is 0 Å². The largest absolute Gasteiger partial charge is 0.375 e. The lowest BCUT2D eigenvalue weighted by molar-refractivity contribution is -0.127. The van der Waals surface area contributed by atoms with Crippen molar-refractivity contribution in [2.45, 2.75) is 6.54 Å². The van der Waals surface area contributed by atoms with Gasteiger partial charge in [0, 0.05) is 46.0 Å². The Morgan fingerprint density at radius 3 is 2.67 bits per heavy atom. The van der Waals surface area contributed by atoms with Crippen molar-refractivity contribution in [2.75, 3.05) is 33.2 Å². The minimum absolute atomic E-state index is 0.182.